The maximum Gasteiger partial charge on any atom is 0.230 e. The second-order valence-corrected chi connectivity index (χ2v) is 7.05. The molecule has 1 saturated carbocycles. The van der Waals surface area contributed by atoms with Crippen LogP contribution < -0.4 is 5.32 Å². The molecule has 2 aromatic rings. The maximum atomic E-state index is 12.1. The van der Waals surface area contributed by atoms with E-state index in [4.69, 9.17) is 0 Å². The summed E-state index contributed by atoms with van der Waals surface area (Å²) in [7, 11) is 0. The zero-order valence-electron chi connectivity index (χ0n) is 13.3. The summed E-state index contributed by atoms with van der Waals surface area (Å²) in [4.78, 5) is 13.3. The molecule has 1 aliphatic carbocycles. The zero-order valence-corrected chi connectivity index (χ0v) is 14.1. The van der Waals surface area contributed by atoms with Crippen LogP contribution >= 0.6 is 11.8 Å². The highest BCUT2D eigenvalue weighted by atomic mass is 32.2. The van der Waals surface area contributed by atoms with E-state index in [-0.39, 0.29) is 5.91 Å². The van der Waals surface area contributed by atoms with Gasteiger partial charge in [0.1, 0.15) is 12.7 Å². The van der Waals surface area contributed by atoms with Gasteiger partial charge >= 0.3 is 0 Å². The van der Waals surface area contributed by atoms with Crippen molar-refractivity contribution in [1.29, 1.82) is 0 Å². The van der Waals surface area contributed by atoms with E-state index in [9.17, 15) is 4.79 Å². The fraction of sp³-hybridized carbons (Fsp3) is 0.471. The van der Waals surface area contributed by atoms with Crippen LogP contribution in [0.25, 0.3) is 0 Å². The van der Waals surface area contributed by atoms with Crippen LogP contribution in [0.3, 0.4) is 0 Å². The monoisotopic (exact) mass is 330 g/mol. The molecule has 0 bridgehead atoms. The Morgan fingerprint density at radius 3 is 2.61 bits per heavy atom. The predicted octanol–water partition coefficient (Wildman–Crippen LogP) is 2.98. The Hall–Kier alpha value is -1.82. The summed E-state index contributed by atoms with van der Waals surface area (Å²) in [5.41, 5.74) is 1.22. The molecular formula is C17H22N4OS. The number of hydrogen-bond acceptors (Lipinski definition) is 4. The molecule has 0 spiro atoms. The Labute approximate surface area is 140 Å². The second kappa shape index (κ2) is 7.64. The third kappa shape index (κ3) is 4.34. The van der Waals surface area contributed by atoms with Gasteiger partial charge in [-0.15, -0.1) is 22.0 Å². The molecule has 122 valence electrons. The smallest absolute Gasteiger partial charge is 0.230 e. The molecule has 1 aromatic carbocycles. The number of aryl methyl sites for hydroxylation is 1. The van der Waals surface area contributed by atoms with Crippen molar-refractivity contribution in [2.24, 2.45) is 0 Å². The third-order valence-electron chi connectivity index (χ3n) is 4.37. The number of hydrogen-bond donors (Lipinski definition) is 1. The van der Waals surface area contributed by atoms with Crippen molar-refractivity contribution in [1.82, 2.24) is 20.1 Å². The Morgan fingerprint density at radius 1 is 1.22 bits per heavy atom. The van der Waals surface area contributed by atoms with Crippen molar-refractivity contribution in [2.75, 3.05) is 5.75 Å². The summed E-state index contributed by atoms with van der Waals surface area (Å²) in [6, 6.07) is 8.95. The number of amides is 1. The van der Waals surface area contributed by atoms with Gasteiger partial charge in [-0.25, -0.2) is 0 Å². The molecule has 3 rings (SSSR count). The summed E-state index contributed by atoms with van der Waals surface area (Å²) < 4.78 is 2.08. The highest BCUT2D eigenvalue weighted by molar-refractivity contribution is 8.00. The average molecular weight is 330 g/mol. The number of aromatic nitrogens is 3. The van der Waals surface area contributed by atoms with Crippen molar-refractivity contribution in [2.45, 2.75) is 49.6 Å². The molecule has 0 unspecified atom stereocenters. The topological polar surface area (TPSA) is 59.8 Å². The van der Waals surface area contributed by atoms with E-state index in [1.165, 1.54) is 10.5 Å². The van der Waals surface area contributed by atoms with Gasteiger partial charge in [-0.2, -0.15) is 0 Å². The van der Waals surface area contributed by atoms with Crippen LogP contribution in [-0.4, -0.2) is 32.5 Å². The number of carbonyl (C=O) groups excluding carboxylic acids is 1. The largest absolute Gasteiger partial charge is 0.353 e. The molecule has 1 heterocycles. The standard InChI is InChI=1S/C17H22N4OS/c1-13-4-2-3-5-16(13)23-10-17(22)20-14-6-8-15(9-7-14)21-11-18-19-12-21/h2-5,11-12,14-15H,6-10H2,1H3,(H,20,22). The first-order chi connectivity index (χ1) is 11.2. The molecule has 23 heavy (non-hydrogen) atoms. The Balaban J connectivity index is 1.42. The molecule has 1 fully saturated rings. The SMILES string of the molecule is Cc1ccccc1SCC(=O)NC1CCC(n2cnnc2)CC1. The minimum atomic E-state index is 0.131. The summed E-state index contributed by atoms with van der Waals surface area (Å²) in [6.07, 6.45) is 7.72. The normalized spacial score (nSPS) is 21.1. The van der Waals surface area contributed by atoms with Gasteiger partial charge in [0.2, 0.25) is 5.91 Å². The highest BCUT2D eigenvalue weighted by Gasteiger charge is 2.23. The molecule has 0 radical (unpaired) electrons. The molecule has 1 N–H and O–H groups in total. The molecule has 0 saturated heterocycles. The molecule has 6 heteroatoms. The van der Waals surface area contributed by atoms with Gasteiger partial charge in [-0.05, 0) is 44.2 Å². The van der Waals surface area contributed by atoms with Crippen LogP contribution in [0.5, 0.6) is 0 Å². The maximum absolute atomic E-state index is 12.1. The Kier molecular flexibility index (Phi) is 5.33. The van der Waals surface area contributed by atoms with Crippen LogP contribution in [0, 0.1) is 6.92 Å². The lowest BCUT2D eigenvalue weighted by Crippen LogP contribution is -2.38. The van der Waals surface area contributed by atoms with E-state index < -0.39 is 0 Å². The quantitative estimate of drug-likeness (QED) is 0.856. The molecule has 0 aliphatic heterocycles. The first-order valence-corrected chi connectivity index (χ1v) is 9.03. The van der Waals surface area contributed by atoms with Crippen LogP contribution in [0.15, 0.2) is 41.8 Å². The fourth-order valence-corrected chi connectivity index (χ4v) is 3.89. The highest BCUT2D eigenvalue weighted by Crippen LogP contribution is 2.28. The van der Waals surface area contributed by atoms with Gasteiger partial charge in [0.05, 0.1) is 5.75 Å². The van der Waals surface area contributed by atoms with Crippen molar-refractivity contribution >= 4 is 17.7 Å². The summed E-state index contributed by atoms with van der Waals surface area (Å²) in [6.45, 7) is 2.08. The van der Waals surface area contributed by atoms with E-state index in [0.29, 0.717) is 17.8 Å². The van der Waals surface area contributed by atoms with Crippen molar-refractivity contribution in [3.8, 4) is 0 Å². The summed E-state index contributed by atoms with van der Waals surface area (Å²) in [5.74, 6) is 0.613. The predicted molar refractivity (Wildman–Crippen MR) is 91.4 cm³/mol. The second-order valence-electron chi connectivity index (χ2n) is 6.04. The van der Waals surface area contributed by atoms with Gasteiger partial charge in [0.15, 0.2) is 0 Å². The molecule has 1 aliphatic rings. The molecule has 0 atom stereocenters. The van der Waals surface area contributed by atoms with Crippen LogP contribution in [0.4, 0.5) is 0 Å². The van der Waals surface area contributed by atoms with Crippen LogP contribution in [0.2, 0.25) is 0 Å². The lowest BCUT2D eigenvalue weighted by Gasteiger charge is -2.29. The Bertz CT molecular complexity index is 636. The number of thioether (sulfide) groups is 1. The van der Waals surface area contributed by atoms with E-state index >= 15 is 0 Å². The third-order valence-corrected chi connectivity index (χ3v) is 5.55. The number of nitrogens with zero attached hydrogens (tertiary/aromatic N) is 3. The van der Waals surface area contributed by atoms with Gasteiger partial charge in [-0.3, -0.25) is 4.79 Å². The summed E-state index contributed by atoms with van der Waals surface area (Å²) >= 11 is 1.61. The number of nitrogens with one attached hydrogen (secondary N) is 1. The minimum absolute atomic E-state index is 0.131. The van der Waals surface area contributed by atoms with Gasteiger partial charge < -0.3 is 9.88 Å². The lowest BCUT2D eigenvalue weighted by molar-refractivity contribution is -0.119. The first kappa shape index (κ1) is 16.1. The van der Waals surface area contributed by atoms with Crippen molar-refractivity contribution < 1.29 is 4.79 Å². The van der Waals surface area contributed by atoms with Crippen molar-refractivity contribution in [3.05, 3.63) is 42.5 Å². The molecule has 5 nitrogen and oxygen atoms in total. The molecule has 1 aromatic heterocycles. The lowest BCUT2D eigenvalue weighted by atomic mass is 9.91. The van der Waals surface area contributed by atoms with Gasteiger partial charge in [0.25, 0.3) is 0 Å². The van der Waals surface area contributed by atoms with Crippen LogP contribution in [0.1, 0.15) is 37.3 Å². The van der Waals surface area contributed by atoms with Crippen LogP contribution in [-0.2, 0) is 4.79 Å². The number of carbonyl (C=O) groups is 1. The Morgan fingerprint density at radius 2 is 1.91 bits per heavy atom. The zero-order chi connectivity index (χ0) is 16.1. The summed E-state index contributed by atoms with van der Waals surface area (Å²) in [5, 5.41) is 10.9. The van der Waals surface area contributed by atoms with E-state index in [1.54, 1.807) is 24.4 Å². The van der Waals surface area contributed by atoms with E-state index in [1.807, 2.05) is 12.1 Å². The van der Waals surface area contributed by atoms with E-state index in [0.717, 1.165) is 25.7 Å². The molecular weight excluding hydrogens is 308 g/mol. The van der Waals surface area contributed by atoms with Crippen molar-refractivity contribution in [3.63, 3.8) is 0 Å². The number of rotatable bonds is 5. The molecule has 1 amide bonds. The van der Waals surface area contributed by atoms with Gasteiger partial charge in [-0.1, -0.05) is 18.2 Å². The van der Waals surface area contributed by atoms with Gasteiger partial charge in [0, 0.05) is 17.0 Å². The fourth-order valence-electron chi connectivity index (χ4n) is 3.05. The van der Waals surface area contributed by atoms with E-state index in [2.05, 4.69) is 39.1 Å². The minimum Gasteiger partial charge on any atom is -0.353 e. The first-order valence-electron chi connectivity index (χ1n) is 8.04. The average Bonchev–Trinajstić information content (AvgIpc) is 3.09. The number of benzene rings is 1.